The molecule has 2 aromatic rings. The first kappa shape index (κ1) is 26.0. The van der Waals surface area contributed by atoms with Gasteiger partial charge in [-0.05, 0) is 81.4 Å². The molecule has 0 spiro atoms. The van der Waals surface area contributed by atoms with Gasteiger partial charge in [-0.3, -0.25) is 9.59 Å². The van der Waals surface area contributed by atoms with Crippen LogP contribution in [0.15, 0.2) is 52.5 Å². The van der Waals surface area contributed by atoms with Crippen LogP contribution in [0.4, 0.5) is 0 Å². The third kappa shape index (κ3) is 5.88. The van der Waals surface area contributed by atoms with E-state index in [9.17, 15) is 14.7 Å². The van der Waals surface area contributed by atoms with E-state index in [2.05, 4.69) is 29.8 Å². The fraction of sp³-hybridized carbons (Fsp3) is 0.407. The number of benzene rings is 2. The lowest BCUT2D eigenvalue weighted by molar-refractivity contribution is -0.139. The van der Waals surface area contributed by atoms with Gasteiger partial charge < -0.3 is 19.6 Å². The quantitative estimate of drug-likeness (QED) is 0.276. The monoisotopic (exact) mass is 528 g/mol. The minimum Gasteiger partial charge on any atom is -0.507 e. The van der Waals surface area contributed by atoms with E-state index in [0.29, 0.717) is 31.1 Å². The Kier molecular flexibility index (Phi) is 8.55. The van der Waals surface area contributed by atoms with Crippen LogP contribution in [0.3, 0.4) is 0 Å². The van der Waals surface area contributed by atoms with Gasteiger partial charge in [-0.15, -0.1) is 0 Å². The van der Waals surface area contributed by atoms with Crippen molar-refractivity contribution in [2.24, 2.45) is 5.92 Å². The minimum atomic E-state index is -0.662. The van der Waals surface area contributed by atoms with Gasteiger partial charge in [-0.2, -0.15) is 0 Å². The molecule has 1 heterocycles. The summed E-state index contributed by atoms with van der Waals surface area (Å²) >= 11 is 3.49. The number of halogens is 1. The van der Waals surface area contributed by atoms with Crippen molar-refractivity contribution in [3.8, 4) is 5.75 Å². The zero-order valence-corrected chi connectivity index (χ0v) is 22.1. The number of nitrogens with zero attached hydrogens (tertiary/aromatic N) is 2. The molecule has 7 heteroatoms. The second-order valence-corrected chi connectivity index (χ2v) is 10.3. The summed E-state index contributed by atoms with van der Waals surface area (Å²) in [4.78, 5) is 29.8. The Balaban J connectivity index is 2.04. The highest BCUT2D eigenvalue weighted by Crippen LogP contribution is 2.40. The van der Waals surface area contributed by atoms with Crippen LogP contribution in [0.25, 0.3) is 5.76 Å². The van der Waals surface area contributed by atoms with Crippen LogP contribution in [0.5, 0.6) is 5.75 Å². The first-order valence-electron chi connectivity index (χ1n) is 11.5. The Morgan fingerprint density at radius 2 is 1.91 bits per heavy atom. The standard InChI is InChI=1S/C27H33BrN2O4/c1-17(2)16-34-22-11-10-20(14-18(22)3)25(31)23-24(19-8-6-9-21(28)15-19)30(27(33)26(23)32)13-7-12-29(4)5/h6,8-11,14-15,17,24,31H,7,12-13,16H2,1-5H3/b25-23-. The molecule has 1 fully saturated rings. The van der Waals surface area contributed by atoms with Crippen LogP contribution >= 0.6 is 15.9 Å². The van der Waals surface area contributed by atoms with E-state index >= 15 is 0 Å². The summed E-state index contributed by atoms with van der Waals surface area (Å²) in [7, 11) is 3.94. The molecule has 3 rings (SSSR count). The van der Waals surface area contributed by atoms with Gasteiger partial charge in [0.2, 0.25) is 0 Å². The predicted molar refractivity (Wildman–Crippen MR) is 138 cm³/mol. The molecule has 0 saturated carbocycles. The molecule has 1 atom stereocenters. The molecule has 2 aromatic carbocycles. The molecule has 1 unspecified atom stereocenters. The molecule has 0 radical (unpaired) electrons. The number of Topliss-reactive ketones (excluding diaryl/α,β-unsaturated/α-hetero) is 1. The summed E-state index contributed by atoms with van der Waals surface area (Å²) in [6.45, 7) is 7.85. The Hall–Kier alpha value is -2.64. The zero-order valence-electron chi connectivity index (χ0n) is 20.5. The molecular weight excluding hydrogens is 496 g/mol. The maximum atomic E-state index is 13.2. The Bertz CT molecular complexity index is 1090. The maximum absolute atomic E-state index is 13.2. The third-order valence-corrected chi connectivity index (χ3v) is 6.22. The largest absolute Gasteiger partial charge is 0.507 e. The number of aliphatic hydroxyl groups excluding tert-OH is 1. The Morgan fingerprint density at radius 1 is 1.18 bits per heavy atom. The summed E-state index contributed by atoms with van der Waals surface area (Å²) in [5, 5.41) is 11.3. The Morgan fingerprint density at radius 3 is 2.53 bits per heavy atom. The minimum absolute atomic E-state index is 0.114. The predicted octanol–water partition coefficient (Wildman–Crippen LogP) is 5.17. The first-order chi connectivity index (χ1) is 16.1. The van der Waals surface area contributed by atoms with E-state index in [1.54, 1.807) is 23.1 Å². The number of amides is 1. The number of likely N-dealkylation sites (tertiary alicyclic amines) is 1. The van der Waals surface area contributed by atoms with Crippen LogP contribution in [0.1, 0.15) is 43.0 Å². The highest BCUT2D eigenvalue weighted by molar-refractivity contribution is 9.10. The van der Waals surface area contributed by atoms with Crippen molar-refractivity contribution in [1.82, 2.24) is 9.80 Å². The number of carbonyl (C=O) groups is 2. The summed E-state index contributed by atoms with van der Waals surface area (Å²) in [5.41, 5.74) is 2.22. The summed E-state index contributed by atoms with van der Waals surface area (Å²) in [6, 6.07) is 12.2. The highest BCUT2D eigenvalue weighted by atomic mass is 79.9. The van der Waals surface area contributed by atoms with Gasteiger partial charge in [0.15, 0.2) is 0 Å². The molecule has 0 aliphatic carbocycles. The Labute approximate surface area is 210 Å². The molecule has 0 aromatic heterocycles. The third-order valence-electron chi connectivity index (χ3n) is 5.73. The number of ketones is 1. The van der Waals surface area contributed by atoms with Crippen molar-refractivity contribution >= 4 is 33.4 Å². The molecule has 1 aliphatic heterocycles. The average Bonchev–Trinajstić information content (AvgIpc) is 3.02. The normalized spacial score (nSPS) is 17.8. The second kappa shape index (κ2) is 11.2. The lowest BCUT2D eigenvalue weighted by atomic mass is 9.94. The number of hydrogen-bond donors (Lipinski definition) is 1. The number of carbonyl (C=O) groups excluding carboxylic acids is 2. The molecule has 182 valence electrons. The molecule has 1 amide bonds. The molecule has 1 N–H and O–H groups in total. The van der Waals surface area contributed by atoms with Crippen molar-refractivity contribution in [3.05, 3.63) is 69.2 Å². The lowest BCUT2D eigenvalue weighted by Crippen LogP contribution is -2.32. The van der Waals surface area contributed by atoms with E-state index in [-0.39, 0.29) is 11.3 Å². The molecule has 34 heavy (non-hydrogen) atoms. The zero-order chi connectivity index (χ0) is 25.0. The number of hydrogen-bond acceptors (Lipinski definition) is 5. The van der Waals surface area contributed by atoms with Crippen molar-refractivity contribution in [2.75, 3.05) is 33.8 Å². The van der Waals surface area contributed by atoms with Gasteiger partial charge in [0.25, 0.3) is 11.7 Å². The second-order valence-electron chi connectivity index (χ2n) is 9.39. The number of aliphatic hydroxyl groups is 1. The van der Waals surface area contributed by atoms with E-state index < -0.39 is 17.7 Å². The average molecular weight is 529 g/mol. The molecule has 1 aliphatic rings. The van der Waals surface area contributed by atoms with Crippen LogP contribution in [0, 0.1) is 12.8 Å². The smallest absolute Gasteiger partial charge is 0.295 e. The van der Waals surface area contributed by atoms with Crippen molar-refractivity contribution in [3.63, 3.8) is 0 Å². The van der Waals surface area contributed by atoms with Crippen LogP contribution in [-0.2, 0) is 9.59 Å². The summed E-state index contributed by atoms with van der Waals surface area (Å²) in [5.74, 6) is -0.292. The molecule has 0 bridgehead atoms. The topological polar surface area (TPSA) is 70.1 Å². The van der Waals surface area contributed by atoms with E-state index in [1.807, 2.05) is 50.2 Å². The van der Waals surface area contributed by atoms with Crippen molar-refractivity contribution in [2.45, 2.75) is 33.2 Å². The van der Waals surface area contributed by atoms with Crippen molar-refractivity contribution < 1.29 is 19.4 Å². The van der Waals surface area contributed by atoms with Crippen LogP contribution in [-0.4, -0.2) is 60.4 Å². The van der Waals surface area contributed by atoms with Crippen LogP contribution in [0.2, 0.25) is 0 Å². The fourth-order valence-corrected chi connectivity index (χ4v) is 4.48. The molecule has 6 nitrogen and oxygen atoms in total. The molecule has 1 saturated heterocycles. The highest BCUT2D eigenvalue weighted by Gasteiger charge is 2.45. The fourth-order valence-electron chi connectivity index (χ4n) is 4.06. The van der Waals surface area contributed by atoms with Gasteiger partial charge in [-0.25, -0.2) is 0 Å². The van der Waals surface area contributed by atoms with Gasteiger partial charge >= 0.3 is 0 Å². The van der Waals surface area contributed by atoms with Gasteiger partial charge in [-0.1, -0.05) is 41.9 Å². The summed E-state index contributed by atoms with van der Waals surface area (Å²) in [6.07, 6.45) is 0.714. The molecular formula is C27H33BrN2O4. The van der Waals surface area contributed by atoms with E-state index in [4.69, 9.17) is 4.74 Å². The number of ether oxygens (including phenoxy) is 1. The maximum Gasteiger partial charge on any atom is 0.295 e. The van der Waals surface area contributed by atoms with Crippen molar-refractivity contribution in [1.29, 1.82) is 0 Å². The van der Waals surface area contributed by atoms with Crippen LogP contribution < -0.4 is 4.74 Å². The van der Waals surface area contributed by atoms with Gasteiger partial charge in [0.1, 0.15) is 11.5 Å². The van der Waals surface area contributed by atoms with Gasteiger partial charge in [0.05, 0.1) is 18.2 Å². The number of aryl methyl sites for hydroxylation is 1. The first-order valence-corrected chi connectivity index (χ1v) is 12.3. The van der Waals surface area contributed by atoms with Gasteiger partial charge in [0, 0.05) is 16.6 Å². The SMILES string of the molecule is Cc1cc(/C(O)=C2/C(=O)C(=O)N(CCCN(C)C)C2c2cccc(Br)c2)ccc1OCC(C)C. The number of rotatable bonds is 9. The summed E-state index contributed by atoms with van der Waals surface area (Å²) < 4.78 is 6.68. The lowest BCUT2D eigenvalue weighted by Gasteiger charge is -2.26. The van der Waals surface area contributed by atoms with E-state index in [1.165, 1.54) is 0 Å². The van der Waals surface area contributed by atoms with E-state index in [0.717, 1.165) is 27.9 Å².